The zero-order chi connectivity index (χ0) is 14.0. The molecule has 9 heteroatoms. The molecular formula is C10H9N2O6P. The maximum atomic E-state index is 11.4. The van der Waals surface area contributed by atoms with Crippen molar-refractivity contribution in [3.8, 4) is 5.75 Å². The Labute approximate surface area is 107 Å². The van der Waals surface area contributed by atoms with Gasteiger partial charge in [0.15, 0.2) is 5.75 Å². The van der Waals surface area contributed by atoms with Crippen LogP contribution in [0.2, 0.25) is 0 Å². The molecule has 1 aromatic heterocycles. The highest BCUT2D eigenvalue weighted by Gasteiger charge is 2.24. The molecule has 2 rings (SSSR count). The van der Waals surface area contributed by atoms with Gasteiger partial charge in [-0.15, -0.1) is 0 Å². The summed E-state index contributed by atoms with van der Waals surface area (Å²) >= 11 is 0. The molecule has 0 bridgehead atoms. The predicted octanol–water partition coefficient (Wildman–Crippen LogP) is 2.27. The van der Waals surface area contributed by atoms with Crippen molar-refractivity contribution in [1.29, 1.82) is 0 Å². The highest BCUT2D eigenvalue weighted by molar-refractivity contribution is 7.47. The van der Waals surface area contributed by atoms with E-state index in [0.29, 0.717) is 0 Å². The Balaban J connectivity index is 2.62. The van der Waals surface area contributed by atoms with Crippen LogP contribution in [0.1, 0.15) is 0 Å². The smallest absolute Gasteiger partial charge is 0.402 e. The van der Waals surface area contributed by atoms with Gasteiger partial charge in [-0.1, -0.05) is 0 Å². The van der Waals surface area contributed by atoms with Crippen LogP contribution in [0.4, 0.5) is 5.69 Å². The van der Waals surface area contributed by atoms with Crippen LogP contribution in [0.5, 0.6) is 5.75 Å². The molecule has 0 amide bonds. The molecule has 0 aliphatic rings. The molecule has 0 fully saturated rings. The summed E-state index contributed by atoms with van der Waals surface area (Å²) in [6.45, 7) is 0. The summed E-state index contributed by atoms with van der Waals surface area (Å²) < 4.78 is 20.5. The van der Waals surface area contributed by atoms with Crippen LogP contribution in [-0.4, -0.2) is 21.9 Å². The third kappa shape index (κ3) is 2.70. The number of pyridine rings is 1. The van der Waals surface area contributed by atoms with E-state index >= 15 is 0 Å². The molecule has 8 nitrogen and oxygen atoms in total. The van der Waals surface area contributed by atoms with E-state index in [-0.39, 0.29) is 22.3 Å². The Morgan fingerprint density at radius 2 is 2.16 bits per heavy atom. The molecule has 1 atom stereocenters. The minimum atomic E-state index is -4.25. The molecule has 2 aromatic rings. The maximum absolute atomic E-state index is 11.4. The molecule has 0 radical (unpaired) electrons. The molecule has 19 heavy (non-hydrogen) atoms. The van der Waals surface area contributed by atoms with Gasteiger partial charge in [-0.25, -0.2) is 4.57 Å². The fraction of sp³-hybridized carbons (Fsp3) is 0.100. The first-order chi connectivity index (χ1) is 8.94. The van der Waals surface area contributed by atoms with Crippen LogP contribution in [0.15, 0.2) is 30.5 Å². The topological polar surface area (TPSA) is 112 Å². The van der Waals surface area contributed by atoms with Gasteiger partial charge in [0.25, 0.3) is 5.69 Å². The van der Waals surface area contributed by atoms with E-state index in [1.807, 2.05) is 0 Å². The fourth-order valence-electron chi connectivity index (χ4n) is 1.53. The molecule has 0 saturated heterocycles. The number of non-ortho nitro benzene ring substituents is 1. The molecule has 100 valence electrons. The number of nitrogens with zero attached hydrogens (tertiary/aromatic N) is 2. The molecule has 0 aliphatic heterocycles. The minimum absolute atomic E-state index is 0.0612. The van der Waals surface area contributed by atoms with Gasteiger partial charge in [0.05, 0.1) is 10.3 Å². The molecule has 0 aliphatic carbocycles. The van der Waals surface area contributed by atoms with Gasteiger partial charge in [0.2, 0.25) is 0 Å². The first-order valence-electron chi connectivity index (χ1n) is 5.05. The standard InChI is InChI=1S/C10H9N2O6P/c1-17-19(15,16)18-9-5-4-8(12(13)14)7-3-2-6-11-10(7)9/h2-6H,1H3,(H,15,16). The van der Waals surface area contributed by atoms with E-state index in [2.05, 4.69) is 9.51 Å². The zero-order valence-electron chi connectivity index (χ0n) is 9.72. The van der Waals surface area contributed by atoms with Crippen molar-refractivity contribution >= 4 is 24.4 Å². The van der Waals surface area contributed by atoms with E-state index in [0.717, 1.165) is 7.11 Å². The number of nitro benzene ring substituents is 1. The Morgan fingerprint density at radius 1 is 1.42 bits per heavy atom. The van der Waals surface area contributed by atoms with Gasteiger partial charge in [0.1, 0.15) is 5.52 Å². The van der Waals surface area contributed by atoms with Gasteiger partial charge >= 0.3 is 7.82 Å². The summed E-state index contributed by atoms with van der Waals surface area (Å²) in [7, 11) is -3.23. The molecule has 1 N–H and O–H groups in total. The number of phosphoric acid groups is 1. The number of rotatable bonds is 4. The van der Waals surface area contributed by atoms with Gasteiger partial charge in [0, 0.05) is 19.4 Å². The highest BCUT2D eigenvalue weighted by atomic mass is 31.2. The Hall–Kier alpha value is -2.02. The molecule has 1 unspecified atom stereocenters. The number of aromatic nitrogens is 1. The van der Waals surface area contributed by atoms with Crippen molar-refractivity contribution in [2.45, 2.75) is 0 Å². The summed E-state index contributed by atoms with van der Waals surface area (Å²) in [5, 5.41) is 11.1. The number of nitro groups is 1. The molecule has 1 aromatic carbocycles. The third-order valence-corrected chi connectivity index (χ3v) is 3.24. The number of phosphoric ester groups is 1. The first-order valence-corrected chi connectivity index (χ1v) is 6.54. The van der Waals surface area contributed by atoms with Gasteiger partial charge in [-0.05, 0) is 18.2 Å². The minimum Gasteiger partial charge on any atom is -0.402 e. The summed E-state index contributed by atoms with van der Waals surface area (Å²) in [5.41, 5.74) is -0.0522. The maximum Gasteiger partial charge on any atom is 0.527 e. The Kier molecular flexibility index (Phi) is 3.48. The van der Waals surface area contributed by atoms with Crippen LogP contribution in [0.3, 0.4) is 0 Å². The third-order valence-electron chi connectivity index (χ3n) is 2.35. The van der Waals surface area contributed by atoms with Crippen LogP contribution < -0.4 is 4.52 Å². The van der Waals surface area contributed by atoms with E-state index in [9.17, 15) is 19.6 Å². The van der Waals surface area contributed by atoms with Crippen molar-refractivity contribution in [1.82, 2.24) is 4.98 Å². The average Bonchev–Trinajstić information content (AvgIpc) is 2.38. The van der Waals surface area contributed by atoms with Crippen molar-refractivity contribution in [2.75, 3.05) is 7.11 Å². The lowest BCUT2D eigenvalue weighted by molar-refractivity contribution is -0.383. The van der Waals surface area contributed by atoms with E-state index in [1.165, 1.54) is 30.5 Å². The molecular weight excluding hydrogens is 275 g/mol. The summed E-state index contributed by atoms with van der Waals surface area (Å²) in [4.78, 5) is 23.5. The monoisotopic (exact) mass is 284 g/mol. The van der Waals surface area contributed by atoms with Crippen LogP contribution >= 0.6 is 7.82 Å². The summed E-state index contributed by atoms with van der Waals surface area (Å²) in [5.74, 6) is -0.0612. The molecule has 1 heterocycles. The van der Waals surface area contributed by atoms with Gasteiger partial charge in [-0.3, -0.25) is 24.5 Å². The van der Waals surface area contributed by atoms with Gasteiger partial charge in [-0.2, -0.15) is 0 Å². The highest BCUT2D eigenvalue weighted by Crippen LogP contribution is 2.45. The molecule has 0 spiro atoms. The lowest BCUT2D eigenvalue weighted by Gasteiger charge is -2.11. The zero-order valence-corrected chi connectivity index (χ0v) is 10.6. The normalized spacial score (nSPS) is 14.0. The Morgan fingerprint density at radius 3 is 2.79 bits per heavy atom. The van der Waals surface area contributed by atoms with Crippen molar-refractivity contribution < 1.29 is 23.4 Å². The van der Waals surface area contributed by atoms with Crippen LogP contribution in [0, 0.1) is 10.1 Å². The second-order valence-corrected chi connectivity index (χ2v) is 4.97. The van der Waals surface area contributed by atoms with E-state index in [4.69, 9.17) is 4.52 Å². The lowest BCUT2D eigenvalue weighted by atomic mass is 10.2. The molecule has 0 saturated carbocycles. The van der Waals surface area contributed by atoms with E-state index in [1.54, 1.807) is 0 Å². The van der Waals surface area contributed by atoms with Crippen molar-refractivity contribution in [2.24, 2.45) is 0 Å². The predicted molar refractivity (Wildman–Crippen MR) is 65.9 cm³/mol. The van der Waals surface area contributed by atoms with Crippen LogP contribution in [-0.2, 0) is 9.09 Å². The average molecular weight is 284 g/mol. The summed E-state index contributed by atoms with van der Waals surface area (Å²) in [6, 6.07) is 5.38. The van der Waals surface area contributed by atoms with Gasteiger partial charge < -0.3 is 4.52 Å². The Bertz CT molecular complexity index is 689. The van der Waals surface area contributed by atoms with E-state index < -0.39 is 12.7 Å². The largest absolute Gasteiger partial charge is 0.527 e. The van der Waals surface area contributed by atoms with Crippen molar-refractivity contribution in [3.63, 3.8) is 0 Å². The summed E-state index contributed by atoms with van der Waals surface area (Å²) in [6.07, 6.45) is 1.40. The lowest BCUT2D eigenvalue weighted by Crippen LogP contribution is -1.97. The fourth-order valence-corrected chi connectivity index (χ4v) is 2.00. The second kappa shape index (κ2) is 4.93. The quantitative estimate of drug-likeness (QED) is 0.520. The van der Waals surface area contributed by atoms with Crippen LogP contribution in [0.25, 0.3) is 10.9 Å². The SMILES string of the molecule is COP(=O)(O)Oc1ccc([N+](=O)[O-])c2cccnc12. The number of fused-ring (bicyclic) bond motifs is 1. The number of hydrogen-bond donors (Lipinski definition) is 1. The number of benzene rings is 1. The first kappa shape index (κ1) is 13.4. The van der Waals surface area contributed by atoms with Crippen molar-refractivity contribution in [3.05, 3.63) is 40.6 Å². The second-order valence-electron chi connectivity index (χ2n) is 3.48. The number of hydrogen-bond acceptors (Lipinski definition) is 6.